The summed E-state index contributed by atoms with van der Waals surface area (Å²) in [4.78, 5) is 1.16. The highest BCUT2D eigenvalue weighted by Gasteiger charge is 2.18. The number of nitrogens with one attached hydrogen (secondary N) is 1. The summed E-state index contributed by atoms with van der Waals surface area (Å²) in [6.45, 7) is 0. The SMILES string of the molecule is CNC(CSc1ccccc1)c1ccc(Br)c(Cl)c1F. The molecule has 0 aliphatic heterocycles. The van der Waals surface area contributed by atoms with E-state index in [1.54, 1.807) is 23.9 Å². The number of hydrogen-bond donors (Lipinski definition) is 1. The lowest BCUT2D eigenvalue weighted by Gasteiger charge is -2.18. The van der Waals surface area contributed by atoms with Gasteiger partial charge >= 0.3 is 0 Å². The summed E-state index contributed by atoms with van der Waals surface area (Å²) in [5, 5.41) is 3.27. The second-order valence-corrected chi connectivity index (χ2v) is 6.56. The van der Waals surface area contributed by atoms with Gasteiger partial charge in [0, 0.05) is 26.7 Å². The van der Waals surface area contributed by atoms with E-state index in [2.05, 4.69) is 21.2 Å². The zero-order valence-electron chi connectivity index (χ0n) is 10.9. The molecule has 0 spiro atoms. The molecule has 0 heterocycles. The molecule has 0 aliphatic carbocycles. The van der Waals surface area contributed by atoms with Crippen LogP contribution in [0, 0.1) is 5.82 Å². The van der Waals surface area contributed by atoms with Gasteiger partial charge in [0.15, 0.2) is 0 Å². The fourth-order valence-corrected chi connectivity index (χ4v) is 3.37. The van der Waals surface area contributed by atoms with Crippen molar-refractivity contribution in [2.45, 2.75) is 10.9 Å². The monoisotopic (exact) mass is 373 g/mol. The number of rotatable bonds is 5. The van der Waals surface area contributed by atoms with Crippen molar-refractivity contribution in [3.8, 4) is 0 Å². The third-order valence-electron chi connectivity index (χ3n) is 2.95. The van der Waals surface area contributed by atoms with Crippen LogP contribution in [0.5, 0.6) is 0 Å². The minimum absolute atomic E-state index is 0.0918. The smallest absolute Gasteiger partial charge is 0.147 e. The first-order chi connectivity index (χ1) is 9.63. The summed E-state index contributed by atoms with van der Waals surface area (Å²) in [7, 11) is 1.83. The summed E-state index contributed by atoms with van der Waals surface area (Å²) in [5.41, 5.74) is 0.587. The molecule has 106 valence electrons. The Bertz CT molecular complexity index is 580. The molecule has 0 fully saturated rings. The molecule has 0 aliphatic rings. The molecule has 5 heteroatoms. The van der Waals surface area contributed by atoms with E-state index < -0.39 is 0 Å². The Hall–Kier alpha value is -0.550. The number of hydrogen-bond acceptors (Lipinski definition) is 2. The summed E-state index contributed by atoms with van der Waals surface area (Å²) < 4.78 is 14.8. The maximum atomic E-state index is 14.2. The average Bonchev–Trinajstić information content (AvgIpc) is 2.48. The van der Waals surface area contributed by atoms with E-state index in [4.69, 9.17) is 11.6 Å². The zero-order valence-corrected chi connectivity index (χ0v) is 14.0. The van der Waals surface area contributed by atoms with E-state index >= 15 is 0 Å². The van der Waals surface area contributed by atoms with Crippen molar-refractivity contribution in [1.29, 1.82) is 0 Å². The number of benzene rings is 2. The minimum Gasteiger partial charge on any atom is -0.312 e. The van der Waals surface area contributed by atoms with Crippen LogP contribution in [0.1, 0.15) is 11.6 Å². The van der Waals surface area contributed by atoms with Crippen molar-refractivity contribution in [3.63, 3.8) is 0 Å². The highest BCUT2D eigenvalue weighted by atomic mass is 79.9. The van der Waals surface area contributed by atoms with Crippen molar-refractivity contribution in [3.05, 3.63) is 63.3 Å². The molecule has 1 atom stereocenters. The van der Waals surface area contributed by atoms with Crippen LogP contribution in [-0.2, 0) is 0 Å². The fourth-order valence-electron chi connectivity index (χ4n) is 1.83. The van der Waals surface area contributed by atoms with E-state index in [0.29, 0.717) is 10.0 Å². The van der Waals surface area contributed by atoms with Gasteiger partial charge in [-0.05, 0) is 41.2 Å². The Labute approximate surface area is 136 Å². The molecular weight excluding hydrogens is 361 g/mol. The summed E-state index contributed by atoms with van der Waals surface area (Å²) in [5.74, 6) is 0.365. The summed E-state index contributed by atoms with van der Waals surface area (Å²) in [6, 6.07) is 13.5. The molecule has 2 rings (SSSR count). The van der Waals surface area contributed by atoms with Gasteiger partial charge < -0.3 is 5.32 Å². The van der Waals surface area contributed by atoms with Crippen molar-refractivity contribution in [1.82, 2.24) is 5.32 Å². The molecular formula is C15H14BrClFNS. The minimum atomic E-state index is -0.367. The molecule has 0 aromatic heterocycles. The molecule has 1 unspecified atom stereocenters. The van der Waals surface area contributed by atoms with Crippen LogP contribution in [0.4, 0.5) is 4.39 Å². The van der Waals surface area contributed by atoms with Crippen molar-refractivity contribution in [2.24, 2.45) is 0 Å². The Morgan fingerprint density at radius 1 is 1.25 bits per heavy atom. The van der Waals surface area contributed by atoms with Crippen LogP contribution < -0.4 is 5.32 Å². The quantitative estimate of drug-likeness (QED) is 0.563. The Balaban J connectivity index is 2.15. The molecule has 20 heavy (non-hydrogen) atoms. The average molecular weight is 375 g/mol. The van der Waals surface area contributed by atoms with Crippen LogP contribution in [0.2, 0.25) is 5.02 Å². The maximum Gasteiger partial charge on any atom is 0.147 e. The molecule has 1 nitrogen and oxygen atoms in total. The van der Waals surface area contributed by atoms with Crippen LogP contribution in [0.15, 0.2) is 51.8 Å². The lowest BCUT2D eigenvalue weighted by molar-refractivity contribution is 0.565. The topological polar surface area (TPSA) is 12.0 Å². The Morgan fingerprint density at radius 2 is 1.95 bits per heavy atom. The largest absolute Gasteiger partial charge is 0.312 e. The van der Waals surface area contributed by atoms with Crippen LogP contribution in [-0.4, -0.2) is 12.8 Å². The second-order valence-electron chi connectivity index (χ2n) is 4.23. The van der Waals surface area contributed by atoms with Crippen molar-refractivity contribution in [2.75, 3.05) is 12.8 Å². The number of thioether (sulfide) groups is 1. The van der Waals surface area contributed by atoms with Crippen LogP contribution in [0.3, 0.4) is 0 Å². The lowest BCUT2D eigenvalue weighted by Crippen LogP contribution is -2.20. The van der Waals surface area contributed by atoms with Gasteiger partial charge in [-0.1, -0.05) is 35.9 Å². The molecule has 0 radical (unpaired) electrons. The first kappa shape index (κ1) is 15.8. The van der Waals surface area contributed by atoms with Gasteiger partial charge in [0.1, 0.15) is 5.82 Å². The van der Waals surface area contributed by atoms with Gasteiger partial charge in [-0.2, -0.15) is 0 Å². The van der Waals surface area contributed by atoms with Gasteiger partial charge in [0.2, 0.25) is 0 Å². The Morgan fingerprint density at radius 3 is 2.60 bits per heavy atom. The van der Waals surface area contributed by atoms with Crippen LogP contribution in [0.25, 0.3) is 0 Å². The normalized spacial score (nSPS) is 12.4. The molecule has 0 saturated carbocycles. The van der Waals surface area contributed by atoms with E-state index in [9.17, 15) is 4.39 Å². The van der Waals surface area contributed by atoms with E-state index in [1.807, 2.05) is 37.4 Å². The molecule has 2 aromatic rings. The highest BCUT2D eigenvalue weighted by Crippen LogP contribution is 2.32. The molecule has 2 aromatic carbocycles. The van der Waals surface area contributed by atoms with Gasteiger partial charge in [-0.15, -0.1) is 11.8 Å². The maximum absolute atomic E-state index is 14.2. The third-order valence-corrected chi connectivity index (χ3v) is 5.31. The van der Waals surface area contributed by atoms with Gasteiger partial charge in [-0.3, -0.25) is 0 Å². The van der Waals surface area contributed by atoms with E-state index in [1.165, 1.54) is 0 Å². The second kappa shape index (κ2) is 7.46. The predicted molar refractivity (Wildman–Crippen MR) is 88.1 cm³/mol. The zero-order chi connectivity index (χ0) is 14.5. The van der Waals surface area contributed by atoms with E-state index in [-0.39, 0.29) is 16.9 Å². The first-order valence-corrected chi connectivity index (χ1v) is 8.27. The lowest BCUT2D eigenvalue weighted by atomic mass is 10.1. The summed E-state index contributed by atoms with van der Waals surface area (Å²) in [6.07, 6.45) is 0. The first-order valence-electron chi connectivity index (χ1n) is 6.12. The fraction of sp³-hybridized carbons (Fsp3) is 0.200. The molecule has 0 bridgehead atoms. The van der Waals surface area contributed by atoms with Gasteiger partial charge in [-0.25, -0.2) is 4.39 Å². The highest BCUT2D eigenvalue weighted by molar-refractivity contribution is 9.10. The standard InChI is InChI=1S/C15H14BrClFNS/c1-19-13(9-20-10-5-3-2-4-6-10)11-7-8-12(16)14(17)15(11)18/h2-8,13,19H,9H2,1H3. The molecule has 1 N–H and O–H groups in total. The van der Waals surface area contributed by atoms with Crippen LogP contribution >= 0.6 is 39.3 Å². The number of halogens is 3. The third kappa shape index (κ3) is 3.76. The molecule has 0 saturated heterocycles. The summed E-state index contributed by atoms with van der Waals surface area (Å²) >= 11 is 10.9. The van der Waals surface area contributed by atoms with Crippen molar-refractivity contribution < 1.29 is 4.39 Å². The van der Waals surface area contributed by atoms with E-state index in [0.717, 1.165) is 10.6 Å². The van der Waals surface area contributed by atoms with Gasteiger partial charge in [0.05, 0.1) is 5.02 Å². The van der Waals surface area contributed by atoms with Gasteiger partial charge in [0.25, 0.3) is 0 Å². The Kier molecular flexibility index (Phi) is 5.90. The van der Waals surface area contributed by atoms with Crippen molar-refractivity contribution >= 4 is 39.3 Å². The molecule has 0 amide bonds. The predicted octanol–water partition coefficient (Wildman–Crippen LogP) is 5.29.